The van der Waals surface area contributed by atoms with Gasteiger partial charge in [0.2, 0.25) is 5.82 Å². The van der Waals surface area contributed by atoms with Crippen molar-refractivity contribution in [3.8, 4) is 17.2 Å². The largest absolute Gasteiger partial charge is 0.507 e. The molecule has 0 saturated heterocycles. The van der Waals surface area contributed by atoms with E-state index in [1.807, 2.05) is 6.92 Å². The van der Waals surface area contributed by atoms with Crippen molar-refractivity contribution in [2.75, 3.05) is 7.11 Å². The second kappa shape index (κ2) is 5.79. The fourth-order valence-corrected chi connectivity index (χ4v) is 1.77. The van der Waals surface area contributed by atoms with Gasteiger partial charge in [-0.3, -0.25) is 0 Å². The van der Waals surface area contributed by atoms with E-state index in [4.69, 9.17) is 9.26 Å². The van der Waals surface area contributed by atoms with Crippen LogP contribution < -0.4 is 0 Å². The Morgan fingerprint density at radius 2 is 2.26 bits per heavy atom. The van der Waals surface area contributed by atoms with Crippen molar-refractivity contribution < 1.29 is 18.8 Å². The predicted molar refractivity (Wildman–Crippen MR) is 66.0 cm³/mol. The lowest BCUT2D eigenvalue weighted by Gasteiger charge is -2.08. The van der Waals surface area contributed by atoms with Gasteiger partial charge in [-0.2, -0.15) is 4.98 Å². The molecule has 19 heavy (non-hydrogen) atoms. The molecule has 1 aromatic heterocycles. The van der Waals surface area contributed by atoms with E-state index in [1.165, 1.54) is 6.07 Å². The summed E-state index contributed by atoms with van der Waals surface area (Å²) in [6.45, 7) is 2.02. The highest BCUT2D eigenvalue weighted by Gasteiger charge is 2.19. The summed E-state index contributed by atoms with van der Waals surface area (Å²) in [5, 5.41) is 13.5. The van der Waals surface area contributed by atoms with Crippen molar-refractivity contribution >= 4 is 0 Å². The number of ether oxygens (including phenoxy) is 1. The number of benzene rings is 1. The van der Waals surface area contributed by atoms with Gasteiger partial charge in [0.05, 0.1) is 5.56 Å². The molecule has 1 heterocycles. The zero-order valence-corrected chi connectivity index (χ0v) is 10.8. The second-order valence-corrected chi connectivity index (χ2v) is 4.13. The van der Waals surface area contributed by atoms with Crippen molar-refractivity contribution in [1.29, 1.82) is 0 Å². The second-order valence-electron chi connectivity index (χ2n) is 4.13. The van der Waals surface area contributed by atoms with E-state index >= 15 is 0 Å². The Bertz CT molecular complexity index is 557. The summed E-state index contributed by atoms with van der Waals surface area (Å²) in [5.41, 5.74) is 0.171. The first-order valence-corrected chi connectivity index (χ1v) is 6.01. The number of aromatic nitrogens is 2. The number of methoxy groups -OCH3 is 1. The van der Waals surface area contributed by atoms with Crippen LogP contribution in [0.3, 0.4) is 0 Å². The topological polar surface area (TPSA) is 68.4 Å². The predicted octanol–water partition coefficient (Wildman–Crippen LogP) is 3.07. The van der Waals surface area contributed by atoms with Gasteiger partial charge in [-0.15, -0.1) is 0 Å². The van der Waals surface area contributed by atoms with Crippen LogP contribution in [0.1, 0.15) is 31.7 Å². The molecule has 5 nitrogen and oxygen atoms in total. The first-order chi connectivity index (χ1) is 9.15. The lowest BCUT2D eigenvalue weighted by molar-refractivity contribution is 0.0854. The van der Waals surface area contributed by atoms with E-state index in [1.54, 1.807) is 7.11 Å². The van der Waals surface area contributed by atoms with Gasteiger partial charge in [-0.05, 0) is 24.6 Å². The fraction of sp³-hybridized carbons (Fsp3) is 0.385. The molecule has 102 valence electrons. The van der Waals surface area contributed by atoms with Gasteiger partial charge in [0.25, 0.3) is 5.89 Å². The minimum atomic E-state index is -0.482. The van der Waals surface area contributed by atoms with Crippen LogP contribution in [0.5, 0.6) is 5.75 Å². The van der Waals surface area contributed by atoms with Crippen molar-refractivity contribution in [3.05, 3.63) is 29.8 Å². The number of phenols is 1. The van der Waals surface area contributed by atoms with Crippen LogP contribution in [0.15, 0.2) is 22.7 Å². The molecule has 0 amide bonds. The third-order valence-corrected chi connectivity index (χ3v) is 2.75. The molecular formula is C13H15FN2O3. The van der Waals surface area contributed by atoms with Crippen LogP contribution in [-0.2, 0) is 4.74 Å². The molecular weight excluding hydrogens is 251 g/mol. The number of phenolic OH excluding ortho intramolecular Hbond substituents is 1. The Morgan fingerprint density at radius 3 is 2.95 bits per heavy atom. The van der Waals surface area contributed by atoms with Gasteiger partial charge in [-0.1, -0.05) is 18.5 Å². The summed E-state index contributed by atoms with van der Waals surface area (Å²) in [7, 11) is 1.57. The maximum Gasteiger partial charge on any atom is 0.261 e. The molecule has 1 unspecified atom stereocenters. The molecule has 0 bridgehead atoms. The lowest BCUT2D eigenvalue weighted by atomic mass is 10.2. The highest BCUT2D eigenvalue weighted by atomic mass is 19.1. The maximum absolute atomic E-state index is 13.2. The molecule has 1 aromatic carbocycles. The summed E-state index contributed by atoms with van der Waals surface area (Å²) in [5.74, 6) is -0.126. The average molecular weight is 266 g/mol. The van der Waals surface area contributed by atoms with Crippen LogP contribution in [0.4, 0.5) is 4.39 Å². The number of halogens is 1. The van der Waals surface area contributed by atoms with Gasteiger partial charge < -0.3 is 14.4 Å². The maximum atomic E-state index is 13.2. The third-order valence-electron chi connectivity index (χ3n) is 2.75. The molecule has 0 saturated carbocycles. The summed E-state index contributed by atoms with van der Waals surface area (Å²) >= 11 is 0. The molecule has 0 aliphatic heterocycles. The molecule has 0 spiro atoms. The zero-order chi connectivity index (χ0) is 13.8. The lowest BCUT2D eigenvalue weighted by Crippen LogP contribution is -2.03. The molecule has 1 atom stereocenters. The minimum Gasteiger partial charge on any atom is -0.507 e. The van der Waals surface area contributed by atoms with Crippen LogP contribution in [0.25, 0.3) is 11.5 Å². The minimum absolute atomic E-state index is 0.0742. The average Bonchev–Trinajstić information content (AvgIpc) is 2.88. The summed E-state index contributed by atoms with van der Waals surface area (Å²) < 4.78 is 23.5. The first-order valence-electron chi connectivity index (χ1n) is 6.01. The van der Waals surface area contributed by atoms with Crippen LogP contribution in [0.2, 0.25) is 0 Å². The Labute approximate surface area is 110 Å². The van der Waals surface area contributed by atoms with Gasteiger partial charge in [0.1, 0.15) is 17.7 Å². The van der Waals surface area contributed by atoms with Crippen molar-refractivity contribution in [2.45, 2.75) is 25.9 Å². The molecule has 0 fully saturated rings. The van der Waals surface area contributed by atoms with Gasteiger partial charge in [0.15, 0.2) is 0 Å². The molecule has 2 aromatic rings. The van der Waals surface area contributed by atoms with Crippen molar-refractivity contribution in [1.82, 2.24) is 10.1 Å². The molecule has 2 rings (SSSR count). The van der Waals surface area contributed by atoms with Crippen LogP contribution in [0, 0.1) is 5.82 Å². The quantitative estimate of drug-likeness (QED) is 0.900. The van der Waals surface area contributed by atoms with E-state index in [0.29, 0.717) is 5.82 Å². The highest BCUT2D eigenvalue weighted by molar-refractivity contribution is 5.61. The molecule has 0 aliphatic rings. The molecule has 0 radical (unpaired) electrons. The van der Waals surface area contributed by atoms with E-state index in [9.17, 15) is 9.50 Å². The Hall–Kier alpha value is -1.95. The monoisotopic (exact) mass is 266 g/mol. The van der Waals surface area contributed by atoms with Crippen molar-refractivity contribution in [3.63, 3.8) is 0 Å². The zero-order valence-electron chi connectivity index (χ0n) is 10.8. The Morgan fingerprint density at radius 1 is 1.47 bits per heavy atom. The van der Waals surface area contributed by atoms with E-state index in [2.05, 4.69) is 10.1 Å². The number of rotatable bonds is 5. The normalized spacial score (nSPS) is 12.6. The van der Waals surface area contributed by atoms with Gasteiger partial charge in [-0.25, -0.2) is 4.39 Å². The van der Waals surface area contributed by atoms with E-state index in [0.717, 1.165) is 25.0 Å². The Balaban J connectivity index is 2.32. The van der Waals surface area contributed by atoms with Crippen molar-refractivity contribution in [2.24, 2.45) is 0 Å². The third kappa shape index (κ3) is 2.90. The summed E-state index contributed by atoms with van der Waals surface area (Å²) in [6.07, 6.45) is 1.40. The first kappa shape index (κ1) is 13.5. The smallest absolute Gasteiger partial charge is 0.261 e. The standard InChI is InChI=1S/C13H15FN2O3/c1-3-4-11(18-2)12-15-13(19-16-12)9-7-8(14)5-6-10(9)17/h5-7,11,17H,3-4H2,1-2H3. The van der Waals surface area contributed by atoms with E-state index in [-0.39, 0.29) is 23.3 Å². The fourth-order valence-electron chi connectivity index (χ4n) is 1.77. The molecule has 0 aliphatic carbocycles. The number of hydrogen-bond donors (Lipinski definition) is 1. The van der Waals surface area contributed by atoms with Gasteiger partial charge >= 0.3 is 0 Å². The summed E-state index contributed by atoms with van der Waals surface area (Å²) in [6, 6.07) is 3.55. The molecule has 1 N–H and O–H groups in total. The Kier molecular flexibility index (Phi) is 4.11. The molecule has 6 heteroatoms. The number of aromatic hydroxyl groups is 1. The number of hydrogen-bond acceptors (Lipinski definition) is 5. The summed E-state index contributed by atoms with van der Waals surface area (Å²) in [4.78, 5) is 4.14. The SMILES string of the molecule is CCCC(OC)c1noc(-c2cc(F)ccc2O)n1. The van der Waals surface area contributed by atoms with E-state index < -0.39 is 5.82 Å². The highest BCUT2D eigenvalue weighted by Crippen LogP contribution is 2.30. The van der Waals surface area contributed by atoms with Gasteiger partial charge in [0, 0.05) is 7.11 Å². The van der Waals surface area contributed by atoms with Crippen LogP contribution >= 0.6 is 0 Å². The number of nitrogens with zero attached hydrogens (tertiary/aromatic N) is 2. The van der Waals surface area contributed by atoms with Crippen LogP contribution in [-0.4, -0.2) is 22.4 Å².